The fraction of sp³-hybridized carbons (Fsp3) is 0.667. The van der Waals surface area contributed by atoms with Crippen molar-refractivity contribution in [2.45, 2.75) is 70.1 Å². The minimum Gasteiger partial charge on any atom is -0.480 e. The van der Waals surface area contributed by atoms with Crippen LogP contribution in [0.15, 0.2) is 12.5 Å². The molecule has 0 radical (unpaired) electrons. The molecule has 0 aromatic carbocycles. The first-order valence-electron chi connectivity index (χ1n) is 11.3. The number of nitrogens with two attached hydrogens (primary N) is 2. The maximum Gasteiger partial charge on any atom is 0.327 e. The van der Waals surface area contributed by atoms with Gasteiger partial charge in [0.05, 0.1) is 12.4 Å². The van der Waals surface area contributed by atoms with E-state index in [9.17, 15) is 24.3 Å². The van der Waals surface area contributed by atoms with Gasteiger partial charge >= 0.3 is 5.97 Å². The maximum absolute atomic E-state index is 13.1. The van der Waals surface area contributed by atoms with E-state index in [1.54, 1.807) is 13.1 Å². The van der Waals surface area contributed by atoms with Gasteiger partial charge in [-0.15, -0.1) is 0 Å². The lowest BCUT2D eigenvalue weighted by atomic mass is 9.96. The van der Waals surface area contributed by atoms with Gasteiger partial charge in [0.2, 0.25) is 17.7 Å². The Morgan fingerprint density at radius 3 is 2.32 bits per heavy atom. The summed E-state index contributed by atoms with van der Waals surface area (Å²) in [5.41, 5.74) is 12.2. The molecule has 9 N–H and O–H groups in total. The van der Waals surface area contributed by atoms with Crippen molar-refractivity contribution in [3.05, 3.63) is 18.2 Å². The van der Waals surface area contributed by atoms with Gasteiger partial charge in [-0.25, -0.2) is 9.78 Å². The van der Waals surface area contributed by atoms with Crippen molar-refractivity contribution < 1.29 is 24.3 Å². The lowest BCUT2D eigenvalue weighted by molar-refractivity contribution is -0.141. The molecule has 3 amide bonds. The average molecular weight is 500 g/mol. The van der Waals surface area contributed by atoms with Gasteiger partial charge in [-0.3, -0.25) is 14.4 Å². The zero-order valence-corrected chi connectivity index (χ0v) is 20.5. The van der Waals surface area contributed by atoms with Crippen molar-refractivity contribution in [2.75, 3.05) is 12.3 Å². The van der Waals surface area contributed by atoms with E-state index in [0.717, 1.165) is 0 Å². The summed E-state index contributed by atoms with van der Waals surface area (Å²) in [6, 6.07) is -4.04. The molecule has 34 heavy (non-hydrogen) atoms. The van der Waals surface area contributed by atoms with Gasteiger partial charge in [-0.05, 0) is 31.7 Å². The highest BCUT2D eigenvalue weighted by Crippen LogP contribution is 2.11. The quantitative estimate of drug-likeness (QED) is 0.103. The first kappa shape index (κ1) is 29.4. The number of hydrogen-bond donors (Lipinski definition) is 8. The zero-order valence-electron chi connectivity index (χ0n) is 19.6. The standard InChI is InChI=1S/C21H37N7O5S/c1-3-12(2)17(28-18(29)14(23)8-13-9-24-11-25-13)20(31)26-15(6-4-5-7-22)19(30)27-16(10-34)21(32)33/h9,11-12,14-17,34H,3-8,10,22-23H2,1-2H3,(H,24,25)(H,26,31)(H,27,30)(H,28,29)(H,32,33). The average Bonchev–Trinajstić information content (AvgIpc) is 3.32. The summed E-state index contributed by atoms with van der Waals surface area (Å²) >= 11 is 3.95. The van der Waals surface area contributed by atoms with E-state index >= 15 is 0 Å². The van der Waals surface area contributed by atoms with Crippen LogP contribution in [0.25, 0.3) is 0 Å². The molecule has 0 aliphatic carbocycles. The normalized spacial score (nSPS) is 15.4. The largest absolute Gasteiger partial charge is 0.480 e. The molecule has 12 nitrogen and oxygen atoms in total. The van der Waals surface area contributed by atoms with Crippen LogP contribution < -0.4 is 27.4 Å². The molecule has 5 atom stereocenters. The summed E-state index contributed by atoms with van der Waals surface area (Å²) in [6.45, 7) is 4.09. The van der Waals surface area contributed by atoms with Crippen molar-refractivity contribution in [3.8, 4) is 0 Å². The smallest absolute Gasteiger partial charge is 0.327 e. The topological polar surface area (TPSA) is 205 Å². The zero-order chi connectivity index (χ0) is 25.7. The van der Waals surface area contributed by atoms with Gasteiger partial charge in [0.15, 0.2) is 0 Å². The summed E-state index contributed by atoms with van der Waals surface area (Å²) in [4.78, 5) is 56.6. The molecule has 0 saturated carbocycles. The summed E-state index contributed by atoms with van der Waals surface area (Å²) in [5.74, 6) is -3.30. The third-order valence-electron chi connectivity index (χ3n) is 5.50. The van der Waals surface area contributed by atoms with Crippen LogP contribution >= 0.6 is 12.6 Å². The molecule has 1 heterocycles. The van der Waals surface area contributed by atoms with Crippen molar-refractivity contribution in [1.82, 2.24) is 25.9 Å². The number of amides is 3. The number of carboxylic acids is 1. The van der Waals surface area contributed by atoms with Crippen LogP contribution in [-0.4, -0.2) is 75.2 Å². The number of aliphatic carboxylic acids is 1. The van der Waals surface area contributed by atoms with Crippen LogP contribution in [0.3, 0.4) is 0 Å². The van der Waals surface area contributed by atoms with E-state index in [0.29, 0.717) is 31.5 Å². The van der Waals surface area contributed by atoms with E-state index in [1.807, 2.05) is 6.92 Å². The van der Waals surface area contributed by atoms with Crippen molar-refractivity contribution >= 4 is 36.3 Å². The minimum absolute atomic E-state index is 0.107. The molecule has 5 unspecified atom stereocenters. The SMILES string of the molecule is CCC(C)C(NC(=O)C(N)Cc1cnc[nH]1)C(=O)NC(CCCCN)C(=O)NC(CS)C(=O)O. The van der Waals surface area contributed by atoms with E-state index in [-0.39, 0.29) is 24.5 Å². The Morgan fingerprint density at radius 2 is 1.79 bits per heavy atom. The van der Waals surface area contributed by atoms with Crippen LogP contribution in [0.1, 0.15) is 45.2 Å². The molecule has 0 aliphatic rings. The molecule has 0 bridgehead atoms. The fourth-order valence-electron chi connectivity index (χ4n) is 3.17. The van der Waals surface area contributed by atoms with Crippen LogP contribution in [0.2, 0.25) is 0 Å². The van der Waals surface area contributed by atoms with Crippen molar-refractivity contribution in [3.63, 3.8) is 0 Å². The molecule has 1 rings (SSSR count). The van der Waals surface area contributed by atoms with Crippen molar-refractivity contribution in [1.29, 1.82) is 0 Å². The Balaban J connectivity index is 2.93. The van der Waals surface area contributed by atoms with Crippen LogP contribution in [0.5, 0.6) is 0 Å². The van der Waals surface area contributed by atoms with Gasteiger partial charge in [0.1, 0.15) is 18.1 Å². The van der Waals surface area contributed by atoms with Crippen LogP contribution in [0, 0.1) is 5.92 Å². The number of carbonyl (C=O) groups is 4. The lowest BCUT2D eigenvalue weighted by Crippen LogP contribution is -2.59. The molecule has 1 aromatic heterocycles. The number of hydrogen-bond acceptors (Lipinski definition) is 8. The highest BCUT2D eigenvalue weighted by atomic mass is 32.1. The molecular formula is C21H37N7O5S. The third-order valence-corrected chi connectivity index (χ3v) is 5.87. The lowest BCUT2D eigenvalue weighted by Gasteiger charge is -2.28. The van der Waals surface area contributed by atoms with E-state index in [1.165, 1.54) is 6.33 Å². The van der Waals surface area contributed by atoms with Crippen LogP contribution in [-0.2, 0) is 25.6 Å². The molecule has 0 aliphatic heterocycles. The number of thiol groups is 1. The number of carboxylic acid groups (broad SMARTS) is 1. The summed E-state index contributed by atoms with van der Waals surface area (Å²) in [6.07, 6.45) is 5.27. The highest BCUT2D eigenvalue weighted by molar-refractivity contribution is 7.80. The number of H-pyrrole nitrogens is 1. The highest BCUT2D eigenvalue weighted by Gasteiger charge is 2.32. The summed E-state index contributed by atoms with van der Waals surface area (Å²) in [7, 11) is 0. The van der Waals surface area contributed by atoms with E-state index in [2.05, 4.69) is 38.5 Å². The molecule has 13 heteroatoms. The van der Waals surface area contributed by atoms with Gasteiger partial charge < -0.3 is 37.5 Å². The van der Waals surface area contributed by atoms with Gasteiger partial charge in [-0.2, -0.15) is 12.6 Å². The van der Waals surface area contributed by atoms with Crippen molar-refractivity contribution in [2.24, 2.45) is 17.4 Å². The van der Waals surface area contributed by atoms with Gasteiger partial charge in [0.25, 0.3) is 0 Å². The Hall–Kier alpha value is -2.64. The number of aromatic nitrogens is 2. The third kappa shape index (κ3) is 9.69. The number of nitrogens with one attached hydrogen (secondary N) is 4. The fourth-order valence-corrected chi connectivity index (χ4v) is 3.42. The number of nitrogens with zero attached hydrogens (tertiary/aromatic N) is 1. The van der Waals surface area contributed by atoms with E-state index in [4.69, 9.17) is 11.5 Å². The Labute approximate surface area is 204 Å². The number of carbonyl (C=O) groups excluding carboxylic acids is 3. The van der Waals surface area contributed by atoms with Crippen LogP contribution in [0.4, 0.5) is 0 Å². The predicted molar refractivity (Wildman–Crippen MR) is 130 cm³/mol. The molecule has 0 saturated heterocycles. The first-order chi connectivity index (χ1) is 16.1. The summed E-state index contributed by atoms with van der Waals surface area (Å²) in [5, 5.41) is 17.0. The molecule has 192 valence electrons. The summed E-state index contributed by atoms with van der Waals surface area (Å²) < 4.78 is 0. The maximum atomic E-state index is 13.1. The molecule has 1 aromatic rings. The predicted octanol–water partition coefficient (Wildman–Crippen LogP) is -1.08. The Bertz CT molecular complexity index is 792. The number of unbranched alkanes of at least 4 members (excludes halogenated alkanes) is 1. The second kappa shape index (κ2) is 15.3. The van der Waals surface area contributed by atoms with Gasteiger partial charge in [0, 0.05) is 24.1 Å². The number of aromatic amines is 1. The molecular weight excluding hydrogens is 462 g/mol. The van der Waals surface area contributed by atoms with E-state index < -0.39 is 47.9 Å². The number of imidazole rings is 1. The Morgan fingerprint density at radius 1 is 1.12 bits per heavy atom. The molecule has 0 fully saturated rings. The minimum atomic E-state index is -1.23. The Kier molecular flexibility index (Phi) is 13.2. The molecule has 0 spiro atoms. The number of rotatable bonds is 16. The first-order valence-corrected chi connectivity index (χ1v) is 11.9. The van der Waals surface area contributed by atoms with Gasteiger partial charge in [-0.1, -0.05) is 20.3 Å². The second-order valence-electron chi connectivity index (χ2n) is 8.19. The monoisotopic (exact) mass is 499 g/mol. The second-order valence-corrected chi connectivity index (χ2v) is 8.55.